The van der Waals surface area contributed by atoms with Crippen molar-refractivity contribution in [2.24, 2.45) is 0 Å². The Bertz CT molecular complexity index is 470. The molecule has 2 aliphatic rings. The minimum atomic E-state index is -0.0771. The number of carbonyl (C=O) groups excluding carboxylic acids is 1. The van der Waals surface area contributed by atoms with Gasteiger partial charge in [0.15, 0.2) is 6.61 Å². The van der Waals surface area contributed by atoms with E-state index in [2.05, 4.69) is 21.6 Å². The molecule has 0 aliphatic carbocycles. The van der Waals surface area contributed by atoms with E-state index in [-0.39, 0.29) is 12.5 Å². The summed E-state index contributed by atoms with van der Waals surface area (Å²) >= 11 is 0. The lowest BCUT2D eigenvalue weighted by atomic mass is 10.1. The summed E-state index contributed by atoms with van der Waals surface area (Å²) in [4.78, 5) is 13.7. The van der Waals surface area contributed by atoms with Crippen molar-refractivity contribution in [2.45, 2.75) is 6.42 Å². The second-order valence-electron chi connectivity index (χ2n) is 4.97. The third-order valence-electron chi connectivity index (χ3n) is 3.63. The molecule has 5 heteroatoms. The molecule has 3 rings (SSSR count). The van der Waals surface area contributed by atoms with E-state index in [0.717, 1.165) is 50.6 Å². The van der Waals surface area contributed by atoms with E-state index in [1.54, 1.807) is 0 Å². The van der Waals surface area contributed by atoms with Gasteiger partial charge in [-0.15, -0.1) is 0 Å². The van der Waals surface area contributed by atoms with Crippen molar-refractivity contribution in [2.75, 3.05) is 44.6 Å². The summed E-state index contributed by atoms with van der Waals surface area (Å²) in [5.41, 5.74) is 1.98. The Kier molecular flexibility index (Phi) is 3.66. The molecule has 19 heavy (non-hydrogen) atoms. The second-order valence-corrected chi connectivity index (χ2v) is 4.97. The van der Waals surface area contributed by atoms with Crippen LogP contribution in [0.3, 0.4) is 0 Å². The number of piperazine rings is 1. The van der Waals surface area contributed by atoms with Gasteiger partial charge in [-0.2, -0.15) is 0 Å². The minimum absolute atomic E-state index is 0.0771. The number of nitrogens with zero attached hydrogens (tertiary/aromatic N) is 1. The average molecular weight is 261 g/mol. The molecule has 1 saturated heterocycles. The molecule has 1 amide bonds. The molecular formula is C14H19N3O2. The lowest BCUT2D eigenvalue weighted by molar-refractivity contribution is -0.118. The Morgan fingerprint density at radius 3 is 2.95 bits per heavy atom. The van der Waals surface area contributed by atoms with Crippen LogP contribution < -0.4 is 15.4 Å². The predicted molar refractivity (Wildman–Crippen MR) is 73.6 cm³/mol. The van der Waals surface area contributed by atoms with Gasteiger partial charge in [-0.05, 0) is 18.1 Å². The highest BCUT2D eigenvalue weighted by Crippen LogP contribution is 2.31. The fourth-order valence-corrected chi connectivity index (χ4v) is 2.59. The van der Waals surface area contributed by atoms with Crippen LogP contribution in [-0.2, 0) is 11.2 Å². The zero-order valence-electron chi connectivity index (χ0n) is 10.9. The lowest BCUT2D eigenvalue weighted by Crippen LogP contribution is -2.44. The summed E-state index contributed by atoms with van der Waals surface area (Å²) < 4.78 is 5.56. The molecule has 1 aromatic rings. The van der Waals surface area contributed by atoms with Gasteiger partial charge in [0.25, 0.3) is 5.91 Å². The zero-order valence-corrected chi connectivity index (χ0v) is 10.9. The number of rotatable bonds is 3. The highest BCUT2D eigenvalue weighted by atomic mass is 16.5. The van der Waals surface area contributed by atoms with E-state index in [4.69, 9.17) is 4.74 Å². The van der Waals surface area contributed by atoms with E-state index in [1.807, 2.05) is 12.1 Å². The monoisotopic (exact) mass is 261 g/mol. The van der Waals surface area contributed by atoms with Gasteiger partial charge in [-0.1, -0.05) is 12.1 Å². The SMILES string of the molecule is O=C1COc2c(CCN3CCNCC3)cccc2N1. The molecule has 2 aliphatic heterocycles. The second kappa shape index (κ2) is 5.59. The first-order valence-electron chi connectivity index (χ1n) is 6.80. The number of ether oxygens (including phenoxy) is 1. The first-order chi connectivity index (χ1) is 9.33. The first kappa shape index (κ1) is 12.4. The molecule has 0 radical (unpaired) electrons. The Morgan fingerprint density at radius 2 is 2.11 bits per heavy atom. The zero-order chi connectivity index (χ0) is 13.1. The van der Waals surface area contributed by atoms with Crippen LogP contribution in [0, 0.1) is 0 Å². The Morgan fingerprint density at radius 1 is 1.26 bits per heavy atom. The number of para-hydroxylation sites is 1. The van der Waals surface area contributed by atoms with Gasteiger partial charge in [-0.25, -0.2) is 0 Å². The highest BCUT2D eigenvalue weighted by Gasteiger charge is 2.19. The summed E-state index contributed by atoms with van der Waals surface area (Å²) in [7, 11) is 0. The van der Waals surface area contributed by atoms with Gasteiger partial charge >= 0.3 is 0 Å². The average Bonchev–Trinajstić information content (AvgIpc) is 2.45. The molecule has 5 nitrogen and oxygen atoms in total. The number of amides is 1. The summed E-state index contributed by atoms with van der Waals surface area (Å²) in [6.07, 6.45) is 0.957. The Labute approximate surface area is 112 Å². The summed E-state index contributed by atoms with van der Waals surface area (Å²) in [5.74, 6) is 0.768. The van der Waals surface area contributed by atoms with Crippen LogP contribution in [0.4, 0.5) is 5.69 Å². The fourth-order valence-electron chi connectivity index (χ4n) is 2.59. The molecule has 1 fully saturated rings. The number of nitrogens with one attached hydrogen (secondary N) is 2. The van der Waals surface area contributed by atoms with Crippen molar-refractivity contribution >= 4 is 11.6 Å². The number of carbonyl (C=O) groups is 1. The lowest BCUT2D eigenvalue weighted by Gasteiger charge is -2.28. The molecular weight excluding hydrogens is 242 g/mol. The van der Waals surface area contributed by atoms with Crippen LogP contribution in [0.1, 0.15) is 5.56 Å². The molecule has 0 saturated carbocycles. The van der Waals surface area contributed by atoms with Crippen molar-refractivity contribution in [3.8, 4) is 5.75 Å². The van der Waals surface area contributed by atoms with Crippen LogP contribution in [-0.4, -0.2) is 50.1 Å². The largest absolute Gasteiger partial charge is 0.481 e. The third kappa shape index (κ3) is 2.88. The van der Waals surface area contributed by atoms with E-state index < -0.39 is 0 Å². The Hall–Kier alpha value is -1.59. The summed E-state index contributed by atoms with van der Waals surface area (Å²) in [6, 6.07) is 5.94. The molecule has 2 N–H and O–H groups in total. The number of hydrogen-bond donors (Lipinski definition) is 2. The smallest absolute Gasteiger partial charge is 0.262 e. The van der Waals surface area contributed by atoms with E-state index >= 15 is 0 Å². The number of hydrogen-bond acceptors (Lipinski definition) is 4. The number of anilines is 1. The van der Waals surface area contributed by atoms with Gasteiger partial charge in [0.2, 0.25) is 0 Å². The normalized spacial score (nSPS) is 19.5. The van der Waals surface area contributed by atoms with E-state index in [1.165, 1.54) is 5.56 Å². The number of fused-ring (bicyclic) bond motifs is 1. The van der Waals surface area contributed by atoms with Crippen LogP contribution in [0.2, 0.25) is 0 Å². The quantitative estimate of drug-likeness (QED) is 0.830. The molecule has 2 heterocycles. The van der Waals surface area contributed by atoms with Crippen molar-refractivity contribution in [3.63, 3.8) is 0 Å². The molecule has 0 atom stereocenters. The molecule has 0 unspecified atom stereocenters. The molecule has 0 aromatic heterocycles. The van der Waals surface area contributed by atoms with Crippen LogP contribution in [0.25, 0.3) is 0 Å². The van der Waals surface area contributed by atoms with E-state index in [9.17, 15) is 4.79 Å². The van der Waals surface area contributed by atoms with Gasteiger partial charge in [0, 0.05) is 32.7 Å². The van der Waals surface area contributed by atoms with Crippen LogP contribution in [0.15, 0.2) is 18.2 Å². The minimum Gasteiger partial charge on any atom is -0.481 e. The standard InChI is InChI=1S/C14H19N3O2/c18-13-10-19-14-11(2-1-3-12(14)16-13)4-7-17-8-5-15-6-9-17/h1-3,15H,4-10H2,(H,16,18). The van der Waals surface area contributed by atoms with Gasteiger partial charge in [0.05, 0.1) is 5.69 Å². The van der Waals surface area contributed by atoms with Crippen molar-refractivity contribution in [1.82, 2.24) is 10.2 Å². The maximum atomic E-state index is 11.3. The van der Waals surface area contributed by atoms with Gasteiger partial charge in [-0.3, -0.25) is 4.79 Å². The predicted octanol–water partition coefficient (Wildman–Crippen LogP) is 0.465. The molecule has 1 aromatic carbocycles. The topological polar surface area (TPSA) is 53.6 Å². The molecule has 0 spiro atoms. The van der Waals surface area contributed by atoms with Crippen LogP contribution >= 0.6 is 0 Å². The van der Waals surface area contributed by atoms with Crippen molar-refractivity contribution in [3.05, 3.63) is 23.8 Å². The van der Waals surface area contributed by atoms with Crippen LogP contribution in [0.5, 0.6) is 5.75 Å². The maximum absolute atomic E-state index is 11.3. The summed E-state index contributed by atoms with van der Waals surface area (Å²) in [5, 5.41) is 6.20. The first-order valence-corrected chi connectivity index (χ1v) is 6.80. The third-order valence-corrected chi connectivity index (χ3v) is 3.63. The molecule has 0 bridgehead atoms. The fraction of sp³-hybridized carbons (Fsp3) is 0.500. The van der Waals surface area contributed by atoms with Crippen molar-refractivity contribution in [1.29, 1.82) is 0 Å². The van der Waals surface area contributed by atoms with E-state index in [0.29, 0.717) is 0 Å². The summed E-state index contributed by atoms with van der Waals surface area (Å²) in [6.45, 7) is 5.51. The van der Waals surface area contributed by atoms with Gasteiger partial charge in [0.1, 0.15) is 5.75 Å². The molecule has 102 valence electrons. The Balaban J connectivity index is 1.67. The van der Waals surface area contributed by atoms with Crippen molar-refractivity contribution < 1.29 is 9.53 Å². The maximum Gasteiger partial charge on any atom is 0.262 e. The van der Waals surface area contributed by atoms with Gasteiger partial charge < -0.3 is 20.3 Å². The number of benzene rings is 1. The highest BCUT2D eigenvalue weighted by molar-refractivity contribution is 5.95.